The summed E-state index contributed by atoms with van der Waals surface area (Å²) < 4.78 is 31.4. The first kappa shape index (κ1) is 18.1. The third-order valence-corrected chi connectivity index (χ3v) is 5.49. The number of aliphatic hydroxyl groups excluding tert-OH is 1. The molecule has 1 aliphatic heterocycles. The van der Waals surface area contributed by atoms with E-state index in [0.29, 0.717) is 22.3 Å². The van der Waals surface area contributed by atoms with Gasteiger partial charge >= 0.3 is 0 Å². The maximum absolute atomic E-state index is 12.3. The van der Waals surface area contributed by atoms with Gasteiger partial charge in [0, 0.05) is 15.9 Å². The van der Waals surface area contributed by atoms with E-state index in [-0.39, 0.29) is 5.75 Å². The van der Waals surface area contributed by atoms with Gasteiger partial charge in [-0.3, -0.25) is 9.52 Å². The number of benzene rings is 1. The molecule has 23 heavy (non-hydrogen) atoms. The van der Waals surface area contributed by atoms with Crippen molar-refractivity contribution in [1.82, 2.24) is 4.72 Å². The molecular formula is C14H15BrClNO5S. The number of carbonyl (C=O) groups is 1. The van der Waals surface area contributed by atoms with Crippen LogP contribution >= 0.6 is 27.5 Å². The van der Waals surface area contributed by atoms with Crippen LogP contribution in [0, 0.1) is 0 Å². The van der Waals surface area contributed by atoms with E-state index >= 15 is 0 Å². The summed E-state index contributed by atoms with van der Waals surface area (Å²) in [6.45, 7) is 1.45. The van der Waals surface area contributed by atoms with E-state index in [9.17, 15) is 18.3 Å². The minimum Gasteiger partial charge on any atom is -0.501 e. The Balaban J connectivity index is 2.25. The molecular weight excluding hydrogens is 410 g/mol. The lowest BCUT2D eigenvalue weighted by molar-refractivity contribution is -0.131. The highest BCUT2D eigenvalue weighted by Crippen LogP contribution is 2.37. The van der Waals surface area contributed by atoms with Crippen LogP contribution in [0.3, 0.4) is 0 Å². The maximum atomic E-state index is 12.3. The van der Waals surface area contributed by atoms with Crippen LogP contribution in [0.4, 0.5) is 0 Å². The number of rotatable bonds is 6. The molecule has 0 aliphatic carbocycles. The lowest BCUT2D eigenvalue weighted by atomic mass is 9.92. The van der Waals surface area contributed by atoms with Gasteiger partial charge in [0.2, 0.25) is 21.7 Å². The number of halogens is 2. The Morgan fingerprint density at radius 3 is 2.52 bits per heavy atom. The number of ketones is 1. The van der Waals surface area contributed by atoms with Crippen LogP contribution in [0.2, 0.25) is 5.02 Å². The average molecular weight is 425 g/mol. The number of hydrogen-bond donors (Lipinski definition) is 2. The predicted octanol–water partition coefficient (Wildman–Crippen LogP) is 2.59. The standard InChI is InChI=1S/C14H15BrClNO5S/c1-14(9-3-5-10(16)6-4-9)12(19)11(18)13(22-14)17-23(20,21)8-2-7-15/h3-6,17-18H,2,7-8H2,1H3. The first-order chi connectivity index (χ1) is 10.7. The largest absolute Gasteiger partial charge is 0.501 e. The van der Waals surface area contributed by atoms with Crippen molar-refractivity contribution in [3.8, 4) is 0 Å². The minimum absolute atomic E-state index is 0.162. The van der Waals surface area contributed by atoms with E-state index in [1.165, 1.54) is 6.92 Å². The molecule has 6 nitrogen and oxygen atoms in total. The zero-order chi connectivity index (χ0) is 17.3. The molecule has 0 saturated carbocycles. The third kappa shape index (κ3) is 3.81. The second kappa shape index (κ2) is 6.70. The van der Waals surface area contributed by atoms with Crippen LogP contribution in [0.5, 0.6) is 0 Å². The number of nitrogens with one attached hydrogen (secondary N) is 1. The SMILES string of the molecule is CC1(c2ccc(Cl)cc2)OC(NS(=O)(=O)CCCBr)=C(O)C1=O. The second-order valence-corrected chi connectivity index (χ2v) is 8.18. The van der Waals surface area contributed by atoms with Gasteiger partial charge in [-0.25, -0.2) is 8.42 Å². The molecule has 0 radical (unpaired) electrons. The fourth-order valence-electron chi connectivity index (χ4n) is 2.09. The van der Waals surface area contributed by atoms with E-state index < -0.39 is 33.0 Å². The van der Waals surface area contributed by atoms with Crippen LogP contribution < -0.4 is 4.72 Å². The molecule has 1 atom stereocenters. The van der Waals surface area contributed by atoms with E-state index in [0.717, 1.165) is 0 Å². The summed E-state index contributed by atoms with van der Waals surface area (Å²) in [5.74, 6) is -2.09. The van der Waals surface area contributed by atoms with Crippen molar-refractivity contribution in [2.75, 3.05) is 11.1 Å². The zero-order valence-electron chi connectivity index (χ0n) is 12.2. The Bertz CT molecular complexity index is 747. The Kier molecular flexibility index (Phi) is 5.27. The first-order valence-electron chi connectivity index (χ1n) is 6.69. The van der Waals surface area contributed by atoms with Gasteiger partial charge in [-0.2, -0.15) is 0 Å². The van der Waals surface area contributed by atoms with Gasteiger partial charge in [-0.15, -0.1) is 0 Å². The number of hydrogen-bond acceptors (Lipinski definition) is 5. The number of sulfonamides is 1. The Morgan fingerprint density at radius 2 is 1.96 bits per heavy atom. The summed E-state index contributed by atoms with van der Waals surface area (Å²) in [5, 5.41) is 10.9. The fourth-order valence-corrected chi connectivity index (χ4v) is 3.92. The summed E-state index contributed by atoms with van der Waals surface area (Å²) in [6, 6.07) is 6.31. The molecule has 1 unspecified atom stereocenters. The molecule has 2 N–H and O–H groups in total. The first-order valence-corrected chi connectivity index (χ1v) is 9.84. The highest BCUT2D eigenvalue weighted by atomic mass is 79.9. The molecule has 1 heterocycles. The van der Waals surface area contributed by atoms with Crippen molar-refractivity contribution in [2.24, 2.45) is 0 Å². The van der Waals surface area contributed by atoms with Gasteiger partial charge in [0.15, 0.2) is 5.60 Å². The molecule has 0 saturated heterocycles. The number of ether oxygens (including phenoxy) is 1. The highest BCUT2D eigenvalue weighted by Gasteiger charge is 2.48. The highest BCUT2D eigenvalue weighted by molar-refractivity contribution is 9.09. The third-order valence-electron chi connectivity index (χ3n) is 3.36. The fraction of sp³-hybridized carbons (Fsp3) is 0.357. The van der Waals surface area contributed by atoms with Crippen molar-refractivity contribution in [1.29, 1.82) is 0 Å². The second-order valence-electron chi connectivity index (χ2n) is 5.11. The van der Waals surface area contributed by atoms with Crippen LogP contribution in [0.25, 0.3) is 0 Å². The van der Waals surface area contributed by atoms with E-state index in [1.807, 2.05) is 0 Å². The molecule has 0 fully saturated rings. The van der Waals surface area contributed by atoms with Gasteiger partial charge in [-0.1, -0.05) is 39.7 Å². The zero-order valence-corrected chi connectivity index (χ0v) is 15.3. The summed E-state index contributed by atoms with van der Waals surface area (Å²) in [4.78, 5) is 12.3. The van der Waals surface area contributed by atoms with Crippen LogP contribution in [0.15, 0.2) is 35.9 Å². The maximum Gasteiger partial charge on any atom is 0.250 e. The summed E-state index contributed by atoms with van der Waals surface area (Å²) >= 11 is 8.95. The lowest BCUT2D eigenvalue weighted by Crippen LogP contribution is -2.32. The van der Waals surface area contributed by atoms with Gasteiger partial charge in [-0.05, 0) is 25.5 Å². The normalized spacial score (nSPS) is 21.4. The van der Waals surface area contributed by atoms with E-state index in [4.69, 9.17) is 16.3 Å². The van der Waals surface area contributed by atoms with E-state index in [2.05, 4.69) is 20.7 Å². The average Bonchev–Trinajstić information content (AvgIpc) is 2.70. The molecule has 0 amide bonds. The Labute approximate surface area is 147 Å². The summed E-state index contributed by atoms with van der Waals surface area (Å²) in [6.07, 6.45) is 0.381. The topological polar surface area (TPSA) is 92.7 Å². The monoisotopic (exact) mass is 423 g/mol. The molecule has 126 valence electrons. The molecule has 1 aliphatic rings. The van der Waals surface area contributed by atoms with Crippen molar-refractivity contribution in [3.63, 3.8) is 0 Å². The van der Waals surface area contributed by atoms with Crippen LogP contribution in [-0.2, 0) is 25.2 Å². The summed E-state index contributed by atoms with van der Waals surface area (Å²) in [7, 11) is -3.72. The van der Waals surface area contributed by atoms with Crippen LogP contribution in [0.1, 0.15) is 18.9 Å². The molecule has 0 spiro atoms. The Hall–Kier alpha value is -1.25. The molecule has 9 heteroatoms. The van der Waals surface area contributed by atoms with E-state index in [1.54, 1.807) is 24.3 Å². The van der Waals surface area contributed by atoms with Gasteiger partial charge < -0.3 is 9.84 Å². The molecule has 1 aromatic carbocycles. The van der Waals surface area contributed by atoms with Crippen molar-refractivity contribution < 1.29 is 23.1 Å². The van der Waals surface area contributed by atoms with Crippen molar-refractivity contribution >= 4 is 43.3 Å². The molecule has 1 aromatic rings. The Morgan fingerprint density at radius 1 is 1.35 bits per heavy atom. The molecule has 2 rings (SSSR count). The smallest absolute Gasteiger partial charge is 0.250 e. The number of carbonyl (C=O) groups excluding carboxylic acids is 1. The predicted molar refractivity (Wildman–Crippen MR) is 89.9 cm³/mol. The number of alkyl halides is 1. The quantitative estimate of drug-likeness (QED) is 0.685. The summed E-state index contributed by atoms with van der Waals surface area (Å²) in [5.41, 5.74) is -1.06. The molecule has 0 bridgehead atoms. The van der Waals surface area contributed by atoms with Crippen molar-refractivity contribution in [2.45, 2.75) is 18.9 Å². The lowest BCUT2D eigenvalue weighted by Gasteiger charge is -2.23. The van der Waals surface area contributed by atoms with Crippen molar-refractivity contribution in [3.05, 3.63) is 46.5 Å². The van der Waals surface area contributed by atoms with Crippen LogP contribution in [-0.4, -0.2) is 30.4 Å². The van der Waals surface area contributed by atoms with Gasteiger partial charge in [0.05, 0.1) is 5.75 Å². The van der Waals surface area contributed by atoms with Gasteiger partial charge in [0.1, 0.15) is 0 Å². The minimum atomic E-state index is -3.72. The van der Waals surface area contributed by atoms with Gasteiger partial charge in [0.25, 0.3) is 5.78 Å². The number of aliphatic hydroxyl groups is 1. The number of Topliss-reactive ketones (excluding diaryl/α,β-unsaturated/α-hetero) is 1. The molecule has 0 aromatic heterocycles.